The molecule has 0 aromatic rings. The van der Waals surface area contributed by atoms with E-state index in [-0.39, 0.29) is 31.1 Å². The molecule has 0 amide bonds. The lowest BCUT2D eigenvalue weighted by molar-refractivity contribution is -0.167. The lowest BCUT2D eigenvalue weighted by atomic mass is 10.0. The normalized spacial score (nSPS) is 12.5. The molecule has 0 heterocycles. The first-order valence-electron chi connectivity index (χ1n) is 31.9. The molecule has 428 valence electrons. The first-order valence-corrected chi connectivity index (χ1v) is 31.9. The molecule has 0 fully saturated rings. The molecule has 0 rings (SSSR count). The highest BCUT2D eigenvalue weighted by atomic mass is 16.6. The molecule has 0 aliphatic carbocycles. The van der Waals surface area contributed by atoms with E-state index in [1.165, 1.54) is 193 Å². The van der Waals surface area contributed by atoms with Crippen molar-refractivity contribution < 1.29 is 28.6 Å². The molecular weight excluding hydrogens is 913 g/mol. The fourth-order valence-corrected chi connectivity index (χ4v) is 9.17. The average molecular weight is 1030 g/mol. The van der Waals surface area contributed by atoms with Crippen LogP contribution in [0.4, 0.5) is 0 Å². The Labute approximate surface area is 459 Å². The van der Waals surface area contributed by atoms with Gasteiger partial charge in [-0.2, -0.15) is 0 Å². The van der Waals surface area contributed by atoms with Crippen LogP contribution in [-0.2, 0) is 28.6 Å². The monoisotopic (exact) mass is 1030 g/mol. The third-order valence-corrected chi connectivity index (χ3v) is 13.9. The van der Waals surface area contributed by atoms with E-state index < -0.39 is 6.10 Å². The second-order valence-corrected chi connectivity index (χ2v) is 21.3. The summed E-state index contributed by atoms with van der Waals surface area (Å²) in [7, 11) is 0. The lowest BCUT2D eigenvalue weighted by Crippen LogP contribution is -2.30. The minimum absolute atomic E-state index is 0.0738. The van der Waals surface area contributed by atoms with Crippen molar-refractivity contribution in [2.45, 2.75) is 329 Å². The highest BCUT2D eigenvalue weighted by molar-refractivity contribution is 5.71. The van der Waals surface area contributed by atoms with Gasteiger partial charge in [0.15, 0.2) is 6.10 Å². The van der Waals surface area contributed by atoms with E-state index in [1.807, 2.05) is 0 Å². The summed E-state index contributed by atoms with van der Waals surface area (Å²) < 4.78 is 16.9. The van der Waals surface area contributed by atoms with Crippen LogP contribution in [0.25, 0.3) is 0 Å². The highest BCUT2D eigenvalue weighted by Crippen LogP contribution is 2.17. The van der Waals surface area contributed by atoms with Crippen LogP contribution >= 0.6 is 0 Å². The number of rotatable bonds is 58. The Balaban J connectivity index is 4.28. The molecule has 0 N–H and O–H groups in total. The topological polar surface area (TPSA) is 78.9 Å². The molecule has 0 aromatic carbocycles. The summed E-state index contributed by atoms with van der Waals surface area (Å²) in [5.41, 5.74) is 0. The van der Waals surface area contributed by atoms with E-state index in [9.17, 15) is 14.4 Å². The van der Waals surface area contributed by atoms with Crippen molar-refractivity contribution in [2.75, 3.05) is 13.2 Å². The van der Waals surface area contributed by atoms with Crippen LogP contribution in [0.15, 0.2) is 72.9 Å². The number of hydrogen-bond acceptors (Lipinski definition) is 6. The first-order chi connectivity index (χ1) is 36.5. The summed E-state index contributed by atoms with van der Waals surface area (Å²) in [6.45, 7) is 6.53. The van der Waals surface area contributed by atoms with E-state index >= 15 is 0 Å². The predicted molar refractivity (Wildman–Crippen MR) is 321 cm³/mol. The van der Waals surface area contributed by atoms with Gasteiger partial charge in [-0.05, 0) is 89.9 Å². The van der Waals surface area contributed by atoms with E-state index in [1.54, 1.807) is 0 Å². The Bertz CT molecular complexity index is 1370. The fourth-order valence-electron chi connectivity index (χ4n) is 9.17. The number of allylic oxidation sites excluding steroid dienone is 12. The van der Waals surface area contributed by atoms with Crippen molar-refractivity contribution in [1.29, 1.82) is 0 Å². The van der Waals surface area contributed by atoms with Gasteiger partial charge in [-0.3, -0.25) is 14.4 Å². The SMILES string of the molecule is CC/C=C\C/C=C\C/C=C\C/C=C\CCCCCCCCCCCCCCC(=O)OCC(COC(=O)CCCCCCCCCCCCCC)OC(=O)CCCCCCCCCCC/C=C\C/C=C\CCCCC. The van der Waals surface area contributed by atoms with Gasteiger partial charge >= 0.3 is 17.9 Å². The summed E-state index contributed by atoms with van der Waals surface area (Å²) in [6.07, 6.45) is 80.5. The first kappa shape index (κ1) is 70.8. The Kier molecular flexibility index (Phi) is 59.7. The van der Waals surface area contributed by atoms with Gasteiger partial charge in [-0.15, -0.1) is 0 Å². The molecule has 0 spiro atoms. The van der Waals surface area contributed by atoms with Gasteiger partial charge in [0.2, 0.25) is 0 Å². The summed E-state index contributed by atoms with van der Waals surface area (Å²) in [5, 5.41) is 0. The Morgan fingerprint density at radius 3 is 0.851 bits per heavy atom. The maximum Gasteiger partial charge on any atom is 0.306 e. The van der Waals surface area contributed by atoms with Gasteiger partial charge in [-0.1, -0.05) is 286 Å². The van der Waals surface area contributed by atoms with Crippen LogP contribution in [0.1, 0.15) is 323 Å². The van der Waals surface area contributed by atoms with E-state index in [2.05, 4.69) is 93.7 Å². The quantitative estimate of drug-likeness (QED) is 0.0261. The van der Waals surface area contributed by atoms with Crippen LogP contribution in [-0.4, -0.2) is 37.2 Å². The van der Waals surface area contributed by atoms with Gasteiger partial charge in [0.05, 0.1) is 0 Å². The number of ether oxygens (including phenoxy) is 3. The highest BCUT2D eigenvalue weighted by Gasteiger charge is 2.19. The third kappa shape index (κ3) is 59.7. The molecule has 0 aliphatic rings. The lowest BCUT2D eigenvalue weighted by Gasteiger charge is -2.18. The second kappa shape index (κ2) is 62.4. The fraction of sp³-hybridized carbons (Fsp3) is 0.779. The number of hydrogen-bond donors (Lipinski definition) is 0. The van der Waals surface area contributed by atoms with Crippen LogP contribution in [0.2, 0.25) is 0 Å². The minimum atomic E-state index is -0.777. The maximum absolute atomic E-state index is 12.9. The smallest absolute Gasteiger partial charge is 0.306 e. The Morgan fingerprint density at radius 2 is 0.527 bits per heavy atom. The standard InChI is InChI=1S/C68H120O6/c1-4-7-10-13-16-19-22-25-27-29-31-32-33-34-35-36-38-39-41-43-46-49-52-55-58-61-67(70)73-64-65(63-72-66(69)60-57-54-51-48-45-24-21-18-15-12-9-6-3)74-68(71)62-59-56-53-50-47-44-42-40-37-30-28-26-23-20-17-14-11-8-5-2/h7,10,16-17,19-20,25-28,31-32,65H,4-6,8-9,11-15,18,21-24,29-30,33-64H2,1-3H3/b10-7-,19-16-,20-17-,27-25-,28-26-,32-31-. The molecule has 74 heavy (non-hydrogen) atoms. The number of unbranched alkanes of at least 4 members (excludes halogenated alkanes) is 35. The number of carbonyl (C=O) groups excluding carboxylic acids is 3. The zero-order valence-electron chi connectivity index (χ0n) is 49.1. The third-order valence-electron chi connectivity index (χ3n) is 13.9. The predicted octanol–water partition coefficient (Wildman–Crippen LogP) is 21.7. The molecule has 6 heteroatoms. The zero-order chi connectivity index (χ0) is 53.6. The molecule has 1 unspecified atom stereocenters. The van der Waals surface area contributed by atoms with Gasteiger partial charge in [0.1, 0.15) is 13.2 Å². The molecule has 0 aliphatic heterocycles. The van der Waals surface area contributed by atoms with Crippen LogP contribution in [0.3, 0.4) is 0 Å². The average Bonchev–Trinajstić information content (AvgIpc) is 3.40. The van der Waals surface area contributed by atoms with E-state index in [0.29, 0.717) is 19.3 Å². The van der Waals surface area contributed by atoms with Crippen LogP contribution in [0.5, 0.6) is 0 Å². The number of esters is 3. The molecule has 0 bridgehead atoms. The second-order valence-electron chi connectivity index (χ2n) is 21.3. The summed E-state index contributed by atoms with van der Waals surface area (Å²) in [4.78, 5) is 38.3. The minimum Gasteiger partial charge on any atom is -0.462 e. The van der Waals surface area contributed by atoms with Gasteiger partial charge in [0, 0.05) is 19.3 Å². The molecular formula is C68H120O6. The molecule has 0 saturated carbocycles. The van der Waals surface area contributed by atoms with Gasteiger partial charge in [-0.25, -0.2) is 0 Å². The zero-order valence-corrected chi connectivity index (χ0v) is 49.1. The van der Waals surface area contributed by atoms with Crippen molar-refractivity contribution in [2.24, 2.45) is 0 Å². The van der Waals surface area contributed by atoms with Crippen molar-refractivity contribution in [3.8, 4) is 0 Å². The van der Waals surface area contributed by atoms with Crippen LogP contribution in [0, 0.1) is 0 Å². The van der Waals surface area contributed by atoms with Gasteiger partial charge < -0.3 is 14.2 Å². The largest absolute Gasteiger partial charge is 0.462 e. The van der Waals surface area contributed by atoms with E-state index in [0.717, 1.165) is 89.9 Å². The molecule has 6 nitrogen and oxygen atoms in total. The summed E-state index contributed by atoms with van der Waals surface area (Å²) in [6, 6.07) is 0. The van der Waals surface area contributed by atoms with Crippen molar-refractivity contribution >= 4 is 17.9 Å². The van der Waals surface area contributed by atoms with Crippen molar-refractivity contribution in [1.82, 2.24) is 0 Å². The number of carbonyl (C=O) groups is 3. The molecule has 0 radical (unpaired) electrons. The van der Waals surface area contributed by atoms with Crippen LogP contribution < -0.4 is 0 Å². The Hall–Kier alpha value is -3.15. The van der Waals surface area contributed by atoms with Crippen molar-refractivity contribution in [3.63, 3.8) is 0 Å². The maximum atomic E-state index is 12.9. The van der Waals surface area contributed by atoms with E-state index in [4.69, 9.17) is 14.2 Å². The molecule has 0 aromatic heterocycles. The summed E-state index contributed by atoms with van der Waals surface area (Å²) >= 11 is 0. The Morgan fingerprint density at radius 1 is 0.284 bits per heavy atom. The molecule has 0 saturated heterocycles. The van der Waals surface area contributed by atoms with Gasteiger partial charge in [0.25, 0.3) is 0 Å². The summed E-state index contributed by atoms with van der Waals surface area (Å²) in [5.74, 6) is -0.865. The molecule has 1 atom stereocenters. The van der Waals surface area contributed by atoms with Crippen molar-refractivity contribution in [3.05, 3.63) is 72.9 Å².